The predicted octanol–water partition coefficient (Wildman–Crippen LogP) is 4.27. The quantitative estimate of drug-likeness (QED) is 0.769. The maximum Gasteiger partial charge on any atom is 0.433 e. The average molecular weight is 412 g/mol. The van der Waals surface area contributed by atoms with E-state index >= 15 is 0 Å². The summed E-state index contributed by atoms with van der Waals surface area (Å²) in [5.41, 5.74) is 4.92. The average Bonchev–Trinajstić information content (AvgIpc) is 2.55. The second-order valence-corrected chi connectivity index (χ2v) is 5.11. The van der Waals surface area contributed by atoms with Crippen LogP contribution in [0.3, 0.4) is 0 Å². The van der Waals surface area contributed by atoms with Gasteiger partial charge < -0.3 is 15.8 Å². The number of nitrogens with one attached hydrogen (secondary N) is 1. The first-order valence-electron chi connectivity index (χ1n) is 7.12. The van der Waals surface area contributed by atoms with Crippen LogP contribution in [-0.4, -0.2) is 17.4 Å². The topological polar surface area (TPSA) is 77.2 Å². The first-order valence-corrected chi connectivity index (χ1v) is 7.12. The number of hydrogen-bond acceptors (Lipinski definition) is 4. The molecule has 0 aliphatic heterocycles. The molecule has 0 saturated carbocycles. The Hall–Kier alpha value is -2.03. The van der Waals surface area contributed by atoms with Crippen molar-refractivity contribution in [1.82, 2.24) is 4.98 Å². The molecule has 1 heterocycles. The Kier molecular flexibility index (Phi) is 9.40. The number of ether oxygens (including phenoxy) is 1. The molecule has 3 N–H and O–H groups in total. The first kappa shape index (κ1) is 24.0. The molecule has 0 fully saturated rings. The van der Waals surface area contributed by atoms with Gasteiger partial charge in [-0.3, -0.25) is 4.79 Å². The minimum absolute atomic E-state index is 0. The number of pyridine rings is 1. The third-order valence-corrected chi connectivity index (χ3v) is 3.16. The Morgan fingerprint density at radius 2 is 1.81 bits per heavy atom. The third-order valence-electron chi connectivity index (χ3n) is 3.16. The zero-order valence-corrected chi connectivity index (χ0v) is 15.3. The molecule has 0 saturated heterocycles. The van der Waals surface area contributed by atoms with E-state index in [0.29, 0.717) is 11.4 Å². The van der Waals surface area contributed by atoms with Gasteiger partial charge in [0.1, 0.15) is 11.4 Å². The second-order valence-electron chi connectivity index (χ2n) is 5.11. The number of hydrogen-bond donors (Lipinski definition) is 2. The number of halogens is 5. The lowest BCUT2D eigenvalue weighted by Gasteiger charge is -2.11. The lowest BCUT2D eigenvalue weighted by Crippen LogP contribution is -2.26. The third kappa shape index (κ3) is 6.70. The fraction of sp³-hybridized carbons (Fsp3) is 0.250. The van der Waals surface area contributed by atoms with Gasteiger partial charge in [0.2, 0.25) is 11.8 Å². The van der Waals surface area contributed by atoms with Gasteiger partial charge in [-0.15, -0.1) is 24.8 Å². The molecule has 0 spiro atoms. The summed E-state index contributed by atoms with van der Waals surface area (Å²) in [6, 6.07) is 9.59. The van der Waals surface area contributed by atoms with Gasteiger partial charge in [0.25, 0.3) is 0 Å². The summed E-state index contributed by atoms with van der Waals surface area (Å²) in [6.45, 7) is 1.93. The van der Waals surface area contributed by atoms with Crippen molar-refractivity contribution < 1.29 is 22.7 Å². The number of aromatic nitrogens is 1. The standard InChI is InChI=1S/C16H16F3N3O2.2ClH/c1-10(9-20)15(23)21-11-5-7-12(8-6-11)24-14-4-2-3-13(22-14)16(17,18)19;;/h2-8,10H,9,20H2,1H3,(H,21,23);2*1H. The van der Waals surface area contributed by atoms with E-state index in [2.05, 4.69) is 10.3 Å². The van der Waals surface area contributed by atoms with Crippen LogP contribution in [0.25, 0.3) is 0 Å². The van der Waals surface area contributed by atoms with Crippen molar-refractivity contribution in [1.29, 1.82) is 0 Å². The number of rotatable bonds is 5. The van der Waals surface area contributed by atoms with Gasteiger partial charge in [-0.1, -0.05) is 13.0 Å². The molecule has 144 valence electrons. The van der Waals surface area contributed by atoms with Crippen LogP contribution in [-0.2, 0) is 11.0 Å². The molecule has 0 aliphatic rings. The Bertz CT molecular complexity index is 713. The molecule has 10 heteroatoms. The fourth-order valence-electron chi connectivity index (χ4n) is 1.73. The molecule has 5 nitrogen and oxygen atoms in total. The summed E-state index contributed by atoms with van der Waals surface area (Å²) in [7, 11) is 0. The number of benzene rings is 1. The van der Waals surface area contributed by atoms with E-state index in [1.54, 1.807) is 19.1 Å². The molecule has 2 aromatic rings. The fourth-order valence-corrected chi connectivity index (χ4v) is 1.73. The molecule has 1 unspecified atom stereocenters. The SMILES string of the molecule is CC(CN)C(=O)Nc1ccc(Oc2cccc(C(F)(F)F)n2)cc1.Cl.Cl. The van der Waals surface area contributed by atoms with Crippen LogP contribution in [0.4, 0.5) is 18.9 Å². The van der Waals surface area contributed by atoms with Crippen LogP contribution >= 0.6 is 24.8 Å². The number of carbonyl (C=O) groups excluding carboxylic acids is 1. The van der Waals surface area contributed by atoms with E-state index in [1.165, 1.54) is 24.3 Å². The van der Waals surface area contributed by atoms with Crippen molar-refractivity contribution in [2.75, 3.05) is 11.9 Å². The monoisotopic (exact) mass is 411 g/mol. The Morgan fingerprint density at radius 1 is 1.19 bits per heavy atom. The van der Waals surface area contributed by atoms with E-state index in [4.69, 9.17) is 10.5 Å². The summed E-state index contributed by atoms with van der Waals surface area (Å²) in [5, 5.41) is 2.67. The highest BCUT2D eigenvalue weighted by Crippen LogP contribution is 2.30. The van der Waals surface area contributed by atoms with Crippen LogP contribution < -0.4 is 15.8 Å². The largest absolute Gasteiger partial charge is 0.439 e. The molecule has 1 aromatic carbocycles. The normalized spacial score (nSPS) is 11.6. The molecule has 0 bridgehead atoms. The zero-order chi connectivity index (χ0) is 17.7. The molecule has 0 aliphatic carbocycles. The molecule has 1 amide bonds. The van der Waals surface area contributed by atoms with Crippen LogP contribution in [0.5, 0.6) is 11.6 Å². The number of amides is 1. The Balaban J connectivity index is 0.00000312. The molecule has 0 radical (unpaired) electrons. The lowest BCUT2D eigenvalue weighted by atomic mass is 10.1. The number of alkyl halides is 3. The van der Waals surface area contributed by atoms with Crippen molar-refractivity contribution in [2.24, 2.45) is 11.7 Å². The number of carbonyl (C=O) groups is 1. The summed E-state index contributed by atoms with van der Waals surface area (Å²) in [5.74, 6) is -0.411. The van der Waals surface area contributed by atoms with Gasteiger partial charge >= 0.3 is 6.18 Å². The summed E-state index contributed by atoms with van der Waals surface area (Å²) in [6.07, 6.45) is -4.53. The highest BCUT2D eigenvalue weighted by atomic mass is 35.5. The Morgan fingerprint density at radius 3 is 2.35 bits per heavy atom. The van der Waals surface area contributed by atoms with E-state index in [0.717, 1.165) is 6.07 Å². The van der Waals surface area contributed by atoms with Crippen molar-refractivity contribution >= 4 is 36.4 Å². The smallest absolute Gasteiger partial charge is 0.433 e. The molecule has 1 atom stereocenters. The lowest BCUT2D eigenvalue weighted by molar-refractivity contribution is -0.141. The van der Waals surface area contributed by atoms with E-state index in [1.807, 2.05) is 0 Å². The maximum absolute atomic E-state index is 12.6. The van der Waals surface area contributed by atoms with Gasteiger partial charge in [-0.25, -0.2) is 4.98 Å². The summed E-state index contributed by atoms with van der Waals surface area (Å²) < 4.78 is 43.1. The molecule has 2 rings (SSSR count). The highest BCUT2D eigenvalue weighted by Gasteiger charge is 2.32. The van der Waals surface area contributed by atoms with Crippen molar-refractivity contribution in [3.05, 3.63) is 48.2 Å². The van der Waals surface area contributed by atoms with Gasteiger partial charge in [0.15, 0.2) is 0 Å². The van der Waals surface area contributed by atoms with Gasteiger partial charge in [0.05, 0.1) is 0 Å². The van der Waals surface area contributed by atoms with Crippen molar-refractivity contribution in [3.63, 3.8) is 0 Å². The predicted molar refractivity (Wildman–Crippen MR) is 97.1 cm³/mol. The number of nitrogens with two attached hydrogens (primary N) is 1. The van der Waals surface area contributed by atoms with E-state index in [-0.39, 0.29) is 49.1 Å². The maximum atomic E-state index is 12.6. The van der Waals surface area contributed by atoms with Gasteiger partial charge in [-0.2, -0.15) is 13.2 Å². The summed E-state index contributed by atoms with van der Waals surface area (Å²) in [4.78, 5) is 15.1. The van der Waals surface area contributed by atoms with Crippen LogP contribution in [0.15, 0.2) is 42.5 Å². The molecular formula is C16H18Cl2F3N3O2. The molecular weight excluding hydrogens is 394 g/mol. The van der Waals surface area contributed by atoms with Crippen molar-refractivity contribution in [3.8, 4) is 11.6 Å². The van der Waals surface area contributed by atoms with Gasteiger partial charge in [0, 0.05) is 24.2 Å². The minimum atomic E-state index is -4.53. The van der Waals surface area contributed by atoms with Gasteiger partial charge in [-0.05, 0) is 30.3 Å². The number of nitrogens with zero attached hydrogens (tertiary/aromatic N) is 1. The Labute approximate surface area is 161 Å². The second kappa shape index (κ2) is 10.2. The van der Waals surface area contributed by atoms with E-state index < -0.39 is 11.9 Å². The van der Waals surface area contributed by atoms with Crippen LogP contribution in [0.2, 0.25) is 0 Å². The molecule has 1 aromatic heterocycles. The molecule has 26 heavy (non-hydrogen) atoms. The van der Waals surface area contributed by atoms with E-state index in [9.17, 15) is 18.0 Å². The van der Waals surface area contributed by atoms with Crippen LogP contribution in [0, 0.1) is 5.92 Å². The number of anilines is 1. The zero-order valence-electron chi connectivity index (χ0n) is 13.6. The van der Waals surface area contributed by atoms with Crippen LogP contribution in [0.1, 0.15) is 12.6 Å². The highest BCUT2D eigenvalue weighted by molar-refractivity contribution is 5.92. The van der Waals surface area contributed by atoms with Crippen molar-refractivity contribution in [2.45, 2.75) is 13.1 Å². The minimum Gasteiger partial charge on any atom is -0.439 e. The summed E-state index contributed by atoms with van der Waals surface area (Å²) >= 11 is 0. The first-order chi connectivity index (χ1) is 11.3.